The van der Waals surface area contributed by atoms with Crippen molar-refractivity contribution in [2.45, 2.75) is 19.4 Å². The van der Waals surface area contributed by atoms with Crippen molar-refractivity contribution in [2.75, 3.05) is 19.8 Å². The minimum Gasteiger partial charge on any atom is -0.508 e. The number of hydrogen-bond acceptors (Lipinski definition) is 5. The predicted octanol–water partition coefficient (Wildman–Crippen LogP) is 3.38. The summed E-state index contributed by atoms with van der Waals surface area (Å²) in [7, 11) is 0. The first-order valence-corrected chi connectivity index (χ1v) is 9.35. The molecule has 1 unspecified atom stereocenters. The second-order valence-corrected chi connectivity index (χ2v) is 6.64. The normalized spacial score (nSPS) is 18.4. The molecule has 0 spiro atoms. The number of carbonyl (C=O) groups is 2. The number of hydrogen-bond donors (Lipinski definition) is 2. The molecule has 152 valence electrons. The number of ether oxygens (including phenoxy) is 1. The number of nitrogens with zero attached hydrogens (tertiary/aromatic N) is 1. The first-order valence-electron chi connectivity index (χ1n) is 9.35. The third-order valence-corrected chi connectivity index (χ3v) is 4.76. The van der Waals surface area contributed by atoms with Gasteiger partial charge in [0, 0.05) is 25.3 Å². The highest BCUT2D eigenvalue weighted by Crippen LogP contribution is 2.39. The van der Waals surface area contributed by atoms with Crippen LogP contribution in [0.1, 0.15) is 30.5 Å². The van der Waals surface area contributed by atoms with Crippen molar-refractivity contribution in [3.05, 3.63) is 71.0 Å². The molecule has 1 atom stereocenters. The van der Waals surface area contributed by atoms with Gasteiger partial charge < -0.3 is 19.8 Å². The second-order valence-electron chi connectivity index (χ2n) is 6.64. The topological polar surface area (TPSA) is 87.1 Å². The predicted molar refractivity (Wildman–Crippen MR) is 105 cm³/mol. The van der Waals surface area contributed by atoms with Gasteiger partial charge in [-0.15, -0.1) is 0 Å². The molecule has 0 aromatic heterocycles. The van der Waals surface area contributed by atoms with Gasteiger partial charge in [-0.3, -0.25) is 9.59 Å². The van der Waals surface area contributed by atoms with Gasteiger partial charge in [0.25, 0.3) is 11.7 Å². The number of ketones is 1. The van der Waals surface area contributed by atoms with Crippen molar-refractivity contribution in [1.82, 2.24) is 4.90 Å². The van der Waals surface area contributed by atoms with Gasteiger partial charge in [0.15, 0.2) is 0 Å². The SMILES string of the molecule is CCOCCCN1C(=O)C(=O)/C(=C(/O)c2ccc(F)cc2)C1c1ccc(O)cc1. The van der Waals surface area contributed by atoms with Crippen LogP contribution in [0.3, 0.4) is 0 Å². The second kappa shape index (κ2) is 8.87. The van der Waals surface area contributed by atoms with Gasteiger partial charge in [-0.05, 0) is 55.3 Å². The standard InChI is InChI=1S/C22H22FNO5/c1-2-29-13-3-12-24-19(14-6-10-17(25)11-7-14)18(21(27)22(24)28)20(26)15-4-8-16(23)9-5-15/h4-11,19,25-26H,2-3,12-13H2,1H3/b20-18+. The van der Waals surface area contributed by atoms with Crippen molar-refractivity contribution in [2.24, 2.45) is 0 Å². The van der Waals surface area contributed by atoms with Crippen LogP contribution in [0.5, 0.6) is 5.75 Å². The van der Waals surface area contributed by atoms with E-state index in [2.05, 4.69) is 0 Å². The Hall–Kier alpha value is -3.19. The van der Waals surface area contributed by atoms with Crippen molar-refractivity contribution in [3.63, 3.8) is 0 Å². The summed E-state index contributed by atoms with van der Waals surface area (Å²) in [6.45, 7) is 3.10. The summed E-state index contributed by atoms with van der Waals surface area (Å²) in [5, 5.41) is 20.4. The van der Waals surface area contributed by atoms with Crippen LogP contribution >= 0.6 is 0 Å². The molecule has 1 saturated heterocycles. The summed E-state index contributed by atoms with van der Waals surface area (Å²) >= 11 is 0. The summed E-state index contributed by atoms with van der Waals surface area (Å²) in [5.41, 5.74) is 0.744. The number of carbonyl (C=O) groups excluding carboxylic acids is 2. The summed E-state index contributed by atoms with van der Waals surface area (Å²) in [5.74, 6) is -2.33. The first-order chi connectivity index (χ1) is 13.9. The number of aromatic hydroxyl groups is 1. The highest BCUT2D eigenvalue weighted by atomic mass is 19.1. The quantitative estimate of drug-likeness (QED) is 0.323. The number of benzene rings is 2. The van der Waals surface area contributed by atoms with Gasteiger partial charge in [0.2, 0.25) is 0 Å². The monoisotopic (exact) mass is 399 g/mol. The highest BCUT2D eigenvalue weighted by molar-refractivity contribution is 6.46. The van der Waals surface area contributed by atoms with Gasteiger partial charge in [-0.1, -0.05) is 12.1 Å². The van der Waals surface area contributed by atoms with Crippen LogP contribution in [-0.4, -0.2) is 46.6 Å². The van der Waals surface area contributed by atoms with Crippen molar-refractivity contribution in [1.29, 1.82) is 0 Å². The van der Waals surface area contributed by atoms with E-state index in [4.69, 9.17) is 4.74 Å². The molecule has 2 aromatic carbocycles. The number of Topliss-reactive ketones (excluding diaryl/α,β-unsaturated/α-hetero) is 1. The molecule has 3 rings (SSSR count). The summed E-state index contributed by atoms with van der Waals surface area (Å²) in [6, 6.07) is 10.3. The Morgan fingerprint density at radius 3 is 2.38 bits per heavy atom. The minimum atomic E-state index is -0.817. The Morgan fingerprint density at radius 1 is 1.10 bits per heavy atom. The Labute approximate surface area is 167 Å². The molecule has 0 saturated carbocycles. The van der Waals surface area contributed by atoms with Crippen LogP contribution in [0.25, 0.3) is 5.76 Å². The largest absolute Gasteiger partial charge is 0.508 e. The van der Waals surface area contributed by atoms with E-state index < -0.39 is 23.5 Å². The van der Waals surface area contributed by atoms with E-state index in [0.717, 1.165) is 0 Å². The lowest BCUT2D eigenvalue weighted by Gasteiger charge is -2.25. The van der Waals surface area contributed by atoms with Gasteiger partial charge in [0.1, 0.15) is 17.3 Å². The van der Waals surface area contributed by atoms with E-state index in [1.54, 1.807) is 12.1 Å². The molecule has 0 aliphatic carbocycles. The zero-order chi connectivity index (χ0) is 21.0. The highest BCUT2D eigenvalue weighted by Gasteiger charge is 2.45. The Kier molecular flexibility index (Phi) is 6.29. The summed E-state index contributed by atoms with van der Waals surface area (Å²) < 4.78 is 18.6. The molecule has 1 aliphatic rings. The lowest BCUT2D eigenvalue weighted by Crippen LogP contribution is -2.31. The molecule has 2 aromatic rings. The zero-order valence-electron chi connectivity index (χ0n) is 16.0. The average molecular weight is 399 g/mol. The van der Waals surface area contributed by atoms with Crippen LogP contribution in [0, 0.1) is 5.82 Å². The fraction of sp³-hybridized carbons (Fsp3) is 0.273. The molecule has 1 heterocycles. The number of halogens is 1. The Balaban J connectivity index is 2.05. The molecule has 0 radical (unpaired) electrons. The van der Waals surface area contributed by atoms with E-state index in [1.165, 1.54) is 41.3 Å². The van der Waals surface area contributed by atoms with Gasteiger partial charge in [-0.2, -0.15) is 0 Å². The number of phenols is 1. The maximum Gasteiger partial charge on any atom is 0.295 e. The van der Waals surface area contributed by atoms with E-state index >= 15 is 0 Å². The Morgan fingerprint density at radius 2 is 1.76 bits per heavy atom. The maximum atomic E-state index is 13.2. The van der Waals surface area contributed by atoms with Crippen LogP contribution in [-0.2, 0) is 14.3 Å². The van der Waals surface area contributed by atoms with Gasteiger partial charge in [-0.25, -0.2) is 4.39 Å². The first kappa shape index (κ1) is 20.5. The maximum absolute atomic E-state index is 13.2. The molecular formula is C22H22FNO5. The molecular weight excluding hydrogens is 377 g/mol. The van der Waals surface area contributed by atoms with Crippen LogP contribution < -0.4 is 0 Å². The number of aliphatic hydroxyl groups excluding tert-OH is 1. The summed E-state index contributed by atoms with van der Waals surface area (Å²) in [4.78, 5) is 26.9. The number of likely N-dealkylation sites (tertiary alicyclic amines) is 1. The van der Waals surface area contributed by atoms with Crippen molar-refractivity contribution >= 4 is 17.4 Å². The molecule has 1 fully saturated rings. The molecule has 0 bridgehead atoms. The molecule has 29 heavy (non-hydrogen) atoms. The van der Waals surface area contributed by atoms with E-state index in [9.17, 15) is 24.2 Å². The Bertz CT molecular complexity index is 921. The molecule has 1 amide bonds. The lowest BCUT2D eigenvalue weighted by molar-refractivity contribution is -0.140. The van der Waals surface area contributed by atoms with Gasteiger partial charge in [0.05, 0.1) is 11.6 Å². The molecule has 6 nitrogen and oxygen atoms in total. The van der Waals surface area contributed by atoms with Crippen LogP contribution in [0.15, 0.2) is 54.1 Å². The number of rotatable bonds is 7. The fourth-order valence-electron chi connectivity index (χ4n) is 3.36. The van der Waals surface area contributed by atoms with Crippen LogP contribution in [0.4, 0.5) is 4.39 Å². The molecule has 7 heteroatoms. The molecule has 1 aliphatic heterocycles. The number of amides is 1. The van der Waals surface area contributed by atoms with Gasteiger partial charge >= 0.3 is 0 Å². The zero-order valence-corrected chi connectivity index (χ0v) is 16.0. The number of phenolic OH excluding ortho intramolecular Hbond substituents is 1. The van der Waals surface area contributed by atoms with Crippen LogP contribution in [0.2, 0.25) is 0 Å². The minimum absolute atomic E-state index is 0.0422. The summed E-state index contributed by atoms with van der Waals surface area (Å²) in [6.07, 6.45) is 0.520. The third kappa shape index (κ3) is 4.30. The van der Waals surface area contributed by atoms with E-state index in [0.29, 0.717) is 25.2 Å². The average Bonchev–Trinajstić information content (AvgIpc) is 2.96. The molecule has 2 N–H and O–H groups in total. The smallest absolute Gasteiger partial charge is 0.295 e. The van der Waals surface area contributed by atoms with E-state index in [1.807, 2.05) is 6.92 Å². The number of aliphatic hydroxyl groups is 1. The van der Waals surface area contributed by atoms with Crippen molar-refractivity contribution < 1.29 is 28.9 Å². The fourth-order valence-corrected chi connectivity index (χ4v) is 3.36. The van der Waals surface area contributed by atoms with E-state index in [-0.39, 0.29) is 29.2 Å². The lowest BCUT2D eigenvalue weighted by atomic mass is 9.95. The third-order valence-electron chi connectivity index (χ3n) is 4.76. The van der Waals surface area contributed by atoms with Crippen molar-refractivity contribution in [3.8, 4) is 5.75 Å².